The van der Waals surface area contributed by atoms with E-state index < -0.39 is 17.7 Å². The lowest BCUT2D eigenvalue weighted by molar-refractivity contribution is -0.138. The van der Waals surface area contributed by atoms with Crippen LogP contribution < -0.4 is 0 Å². The molecular weight excluding hydrogens is 379 g/mol. The molecule has 1 aromatic carbocycles. The molecule has 0 saturated heterocycles. The zero-order valence-electron chi connectivity index (χ0n) is 13.6. The molecule has 2 heterocycles. The van der Waals surface area contributed by atoms with Gasteiger partial charge in [-0.25, -0.2) is 9.78 Å². The quantitative estimate of drug-likeness (QED) is 0.573. The van der Waals surface area contributed by atoms with Crippen LogP contribution in [0.2, 0.25) is 0 Å². The normalized spacial score (nSPS) is 11.8. The Morgan fingerprint density at radius 3 is 2.59 bits per heavy atom. The predicted molar refractivity (Wildman–Crippen MR) is 94.2 cm³/mol. The van der Waals surface area contributed by atoms with Crippen molar-refractivity contribution in [1.29, 1.82) is 0 Å². The predicted octanol–water partition coefficient (Wildman–Crippen LogP) is 5.61. The molecule has 0 aliphatic carbocycles. The summed E-state index contributed by atoms with van der Waals surface area (Å²) in [7, 11) is 0. The lowest BCUT2D eigenvalue weighted by Crippen LogP contribution is -2.05. The maximum atomic E-state index is 12.6. The summed E-state index contributed by atoms with van der Waals surface area (Å²) < 4.78 is 43.3. The van der Waals surface area contributed by atoms with Gasteiger partial charge in [-0.15, -0.1) is 0 Å². The second-order valence-corrected chi connectivity index (χ2v) is 6.45. The first kappa shape index (κ1) is 18.8. The molecule has 0 aliphatic heterocycles. The molecule has 0 atom stereocenters. The first-order valence-electron chi connectivity index (χ1n) is 7.63. The van der Waals surface area contributed by atoms with Crippen molar-refractivity contribution in [2.75, 3.05) is 0 Å². The molecule has 4 nitrogen and oxygen atoms in total. The highest BCUT2D eigenvalue weighted by atomic mass is 32.2. The van der Waals surface area contributed by atoms with Gasteiger partial charge in [0.05, 0.1) is 11.8 Å². The Morgan fingerprint density at radius 1 is 1.19 bits per heavy atom. The van der Waals surface area contributed by atoms with E-state index >= 15 is 0 Å². The van der Waals surface area contributed by atoms with E-state index in [1.165, 1.54) is 18.4 Å². The van der Waals surface area contributed by atoms with Crippen LogP contribution in [0.1, 0.15) is 11.1 Å². The molecule has 0 spiro atoms. The van der Waals surface area contributed by atoms with Crippen molar-refractivity contribution < 1.29 is 27.5 Å². The van der Waals surface area contributed by atoms with Crippen molar-refractivity contribution in [3.63, 3.8) is 0 Å². The van der Waals surface area contributed by atoms with E-state index in [9.17, 15) is 18.0 Å². The van der Waals surface area contributed by atoms with Gasteiger partial charge >= 0.3 is 12.1 Å². The molecule has 3 rings (SSSR count). The summed E-state index contributed by atoms with van der Waals surface area (Å²) in [5.74, 6) is -0.494. The molecular formula is C19H12F3NO3S. The van der Waals surface area contributed by atoms with Crippen molar-refractivity contribution >= 4 is 23.8 Å². The molecule has 3 aromatic rings. The van der Waals surface area contributed by atoms with E-state index in [1.807, 2.05) is 0 Å². The minimum Gasteiger partial charge on any atom is -0.478 e. The minimum atomic E-state index is -4.45. The summed E-state index contributed by atoms with van der Waals surface area (Å²) in [5.41, 5.74) is 0.499. The number of carboxylic acids is 1. The standard InChI is InChI=1S/C19H12F3NO3S/c20-19(21,22)14-5-7-17(23-11-14)27-16-6-3-12(15-2-1-9-26-15)10-13(16)4-8-18(24)25/h1-11H,(H,24,25). The Kier molecular flexibility index (Phi) is 5.36. The van der Waals surface area contributed by atoms with Crippen molar-refractivity contribution in [3.05, 3.63) is 72.1 Å². The third-order valence-electron chi connectivity index (χ3n) is 3.50. The molecule has 1 N–H and O–H groups in total. The molecule has 0 bridgehead atoms. The van der Waals surface area contributed by atoms with Crippen LogP contribution in [0.4, 0.5) is 13.2 Å². The molecule has 0 amide bonds. The molecule has 8 heteroatoms. The smallest absolute Gasteiger partial charge is 0.417 e. The number of halogens is 3. The highest BCUT2D eigenvalue weighted by Gasteiger charge is 2.30. The summed E-state index contributed by atoms with van der Waals surface area (Å²) in [5, 5.41) is 9.24. The molecule has 138 valence electrons. The van der Waals surface area contributed by atoms with Crippen LogP contribution in [0.25, 0.3) is 17.4 Å². The van der Waals surface area contributed by atoms with E-state index in [0.717, 1.165) is 35.7 Å². The molecule has 27 heavy (non-hydrogen) atoms. The third kappa shape index (κ3) is 4.79. The lowest BCUT2D eigenvalue weighted by atomic mass is 10.1. The second-order valence-electron chi connectivity index (χ2n) is 5.39. The van der Waals surface area contributed by atoms with Gasteiger partial charge in [0.15, 0.2) is 0 Å². The number of aliphatic carboxylic acids is 1. The molecule has 0 fully saturated rings. The average molecular weight is 391 g/mol. The Bertz CT molecular complexity index is 965. The first-order chi connectivity index (χ1) is 12.8. The van der Waals surface area contributed by atoms with Gasteiger partial charge in [-0.2, -0.15) is 13.2 Å². The number of rotatable bonds is 5. The molecule has 0 aliphatic rings. The zero-order valence-corrected chi connectivity index (χ0v) is 14.4. The van der Waals surface area contributed by atoms with Crippen molar-refractivity contribution in [2.45, 2.75) is 16.1 Å². The second kappa shape index (κ2) is 7.71. The number of benzene rings is 1. The molecule has 0 unspecified atom stereocenters. The summed E-state index contributed by atoms with van der Waals surface area (Å²) in [6.07, 6.45) is 0.256. The summed E-state index contributed by atoms with van der Waals surface area (Å²) in [4.78, 5) is 15.3. The first-order valence-corrected chi connectivity index (χ1v) is 8.44. The van der Waals surface area contributed by atoms with Crippen LogP contribution in [0.5, 0.6) is 0 Å². The number of carbonyl (C=O) groups is 1. The number of carboxylic acid groups (broad SMARTS) is 1. The van der Waals surface area contributed by atoms with Gasteiger partial charge in [-0.3, -0.25) is 0 Å². The summed E-state index contributed by atoms with van der Waals surface area (Å²) in [6, 6.07) is 11.0. The number of pyridine rings is 1. The number of aromatic nitrogens is 1. The minimum absolute atomic E-state index is 0.360. The van der Waals surface area contributed by atoms with Crippen LogP contribution in [-0.2, 0) is 11.0 Å². The van der Waals surface area contributed by atoms with E-state index in [2.05, 4.69) is 4.98 Å². The van der Waals surface area contributed by atoms with Crippen LogP contribution in [0, 0.1) is 0 Å². The summed E-state index contributed by atoms with van der Waals surface area (Å²) in [6.45, 7) is 0. The number of alkyl halides is 3. The highest BCUT2D eigenvalue weighted by Crippen LogP contribution is 2.35. The topological polar surface area (TPSA) is 63.3 Å². The van der Waals surface area contributed by atoms with E-state index in [1.54, 1.807) is 30.3 Å². The SMILES string of the molecule is O=C(O)C=Cc1cc(-c2ccco2)ccc1Sc1ccc(C(F)(F)F)cn1. The monoisotopic (exact) mass is 391 g/mol. The zero-order chi connectivity index (χ0) is 19.4. The number of hydrogen-bond donors (Lipinski definition) is 1. The van der Waals surface area contributed by atoms with Crippen LogP contribution in [0.3, 0.4) is 0 Å². The fraction of sp³-hybridized carbons (Fsp3) is 0.0526. The Balaban J connectivity index is 1.92. The lowest BCUT2D eigenvalue weighted by Gasteiger charge is -2.09. The summed E-state index contributed by atoms with van der Waals surface area (Å²) >= 11 is 1.14. The van der Waals surface area contributed by atoms with Gasteiger partial charge in [-0.1, -0.05) is 17.8 Å². The van der Waals surface area contributed by atoms with E-state index in [0.29, 0.717) is 21.2 Å². The van der Waals surface area contributed by atoms with Gasteiger partial charge in [0.2, 0.25) is 0 Å². The van der Waals surface area contributed by atoms with E-state index in [-0.39, 0.29) is 0 Å². The third-order valence-corrected chi connectivity index (χ3v) is 4.54. The van der Waals surface area contributed by atoms with Crippen molar-refractivity contribution in [1.82, 2.24) is 4.98 Å². The Hall–Kier alpha value is -3.00. The number of hydrogen-bond acceptors (Lipinski definition) is 4. The van der Waals surface area contributed by atoms with Gasteiger partial charge in [0, 0.05) is 22.7 Å². The maximum Gasteiger partial charge on any atom is 0.417 e. The molecule has 0 saturated carbocycles. The van der Waals surface area contributed by atoms with Gasteiger partial charge < -0.3 is 9.52 Å². The highest BCUT2D eigenvalue weighted by molar-refractivity contribution is 7.99. The van der Waals surface area contributed by atoms with Gasteiger partial charge in [0.25, 0.3) is 0 Å². The van der Waals surface area contributed by atoms with Crippen molar-refractivity contribution in [3.8, 4) is 11.3 Å². The number of furan rings is 1. The van der Waals surface area contributed by atoms with Gasteiger partial charge in [-0.05, 0) is 48.0 Å². The largest absolute Gasteiger partial charge is 0.478 e. The van der Waals surface area contributed by atoms with Crippen LogP contribution in [-0.4, -0.2) is 16.1 Å². The van der Waals surface area contributed by atoms with Gasteiger partial charge in [0.1, 0.15) is 10.8 Å². The van der Waals surface area contributed by atoms with Crippen molar-refractivity contribution in [2.24, 2.45) is 0 Å². The van der Waals surface area contributed by atoms with E-state index in [4.69, 9.17) is 9.52 Å². The fourth-order valence-electron chi connectivity index (χ4n) is 2.25. The van der Waals surface area contributed by atoms with Crippen LogP contribution >= 0.6 is 11.8 Å². The Labute approximate surface area is 156 Å². The molecule has 0 radical (unpaired) electrons. The maximum absolute atomic E-state index is 12.6. The number of nitrogens with zero attached hydrogens (tertiary/aromatic N) is 1. The Morgan fingerprint density at radius 2 is 2.00 bits per heavy atom. The average Bonchev–Trinajstić information content (AvgIpc) is 3.15. The fourth-order valence-corrected chi connectivity index (χ4v) is 3.10. The van der Waals surface area contributed by atoms with Crippen LogP contribution in [0.15, 0.2) is 75.3 Å². The molecule has 2 aromatic heterocycles.